The fourth-order valence-corrected chi connectivity index (χ4v) is 3.62. The van der Waals surface area contributed by atoms with Crippen molar-refractivity contribution < 1.29 is 9.53 Å². The fourth-order valence-electron chi connectivity index (χ4n) is 2.78. The molecule has 1 atom stereocenters. The Morgan fingerprint density at radius 2 is 1.97 bits per heavy atom. The van der Waals surface area contributed by atoms with Crippen molar-refractivity contribution in [3.63, 3.8) is 0 Å². The van der Waals surface area contributed by atoms with Crippen molar-refractivity contribution in [3.05, 3.63) is 64.4 Å². The fraction of sp³-hybridized carbons (Fsp3) is 0.286. The lowest BCUT2D eigenvalue weighted by molar-refractivity contribution is -0.113. The van der Waals surface area contributed by atoms with Crippen LogP contribution in [0, 0.1) is 13.8 Å². The van der Waals surface area contributed by atoms with Crippen LogP contribution in [0.4, 0.5) is 5.69 Å². The van der Waals surface area contributed by atoms with Crippen LogP contribution in [0.5, 0.6) is 5.75 Å². The Morgan fingerprint density at radius 1 is 1.21 bits per heavy atom. The van der Waals surface area contributed by atoms with Crippen LogP contribution < -0.4 is 10.1 Å². The Morgan fingerprint density at radius 3 is 2.69 bits per heavy atom. The van der Waals surface area contributed by atoms with E-state index in [2.05, 4.69) is 15.5 Å². The third-order valence-corrected chi connectivity index (χ3v) is 5.87. The molecule has 6 nitrogen and oxygen atoms in total. The Bertz CT molecular complexity index is 1020. The van der Waals surface area contributed by atoms with Gasteiger partial charge in [0.05, 0.1) is 5.75 Å². The first-order chi connectivity index (χ1) is 13.8. The third-order valence-electron chi connectivity index (χ3n) is 4.43. The molecule has 0 saturated heterocycles. The van der Waals surface area contributed by atoms with Crippen molar-refractivity contribution >= 4 is 35.0 Å². The number of amides is 1. The first kappa shape index (κ1) is 21.2. The van der Waals surface area contributed by atoms with Crippen molar-refractivity contribution in [1.29, 1.82) is 0 Å². The lowest BCUT2D eigenvalue weighted by Crippen LogP contribution is -2.15. The minimum atomic E-state index is -0.303. The van der Waals surface area contributed by atoms with E-state index in [9.17, 15) is 4.79 Å². The maximum atomic E-state index is 12.3. The molecule has 1 N–H and O–H groups in total. The van der Waals surface area contributed by atoms with Crippen molar-refractivity contribution in [2.24, 2.45) is 7.05 Å². The number of hydrogen-bond donors (Lipinski definition) is 1. The van der Waals surface area contributed by atoms with Gasteiger partial charge in [-0.2, -0.15) is 0 Å². The van der Waals surface area contributed by atoms with Crippen LogP contribution in [0.3, 0.4) is 0 Å². The van der Waals surface area contributed by atoms with Crippen molar-refractivity contribution in [1.82, 2.24) is 14.8 Å². The zero-order valence-corrected chi connectivity index (χ0v) is 18.3. The number of para-hydroxylation sites is 1. The van der Waals surface area contributed by atoms with Gasteiger partial charge >= 0.3 is 0 Å². The second-order valence-electron chi connectivity index (χ2n) is 6.72. The van der Waals surface area contributed by atoms with Gasteiger partial charge in [0.25, 0.3) is 0 Å². The van der Waals surface area contributed by atoms with Gasteiger partial charge in [-0.3, -0.25) is 4.79 Å². The van der Waals surface area contributed by atoms with Crippen LogP contribution in [0.15, 0.2) is 47.6 Å². The molecule has 1 heterocycles. The number of halogens is 1. The Labute approximate surface area is 179 Å². The molecule has 8 heteroatoms. The van der Waals surface area contributed by atoms with Gasteiger partial charge in [0.1, 0.15) is 5.75 Å². The second kappa shape index (κ2) is 9.33. The Balaban J connectivity index is 1.60. The highest BCUT2D eigenvalue weighted by atomic mass is 35.5. The summed E-state index contributed by atoms with van der Waals surface area (Å²) < 4.78 is 7.82. The molecule has 0 aliphatic carbocycles. The standard InChI is InChI=1S/C21H23ClN4O2S/c1-13-7-5-6-8-18(13)23-19(27)12-29-21-25-24-20(26(21)4)15(3)28-16-9-10-17(22)14(2)11-16/h5-11,15H,12H2,1-4H3,(H,23,27). The van der Waals surface area contributed by atoms with E-state index in [1.54, 1.807) is 0 Å². The highest BCUT2D eigenvalue weighted by Crippen LogP contribution is 2.26. The monoisotopic (exact) mass is 430 g/mol. The molecule has 3 rings (SSSR count). The molecule has 0 fully saturated rings. The Kier molecular flexibility index (Phi) is 6.82. The molecule has 1 aromatic heterocycles. The zero-order valence-electron chi connectivity index (χ0n) is 16.8. The van der Waals surface area contributed by atoms with Crippen LogP contribution >= 0.6 is 23.4 Å². The molecule has 152 valence electrons. The summed E-state index contributed by atoms with van der Waals surface area (Å²) in [4.78, 5) is 12.3. The summed E-state index contributed by atoms with van der Waals surface area (Å²) in [6.07, 6.45) is -0.303. The maximum absolute atomic E-state index is 12.3. The second-order valence-corrected chi connectivity index (χ2v) is 8.07. The lowest BCUT2D eigenvalue weighted by Gasteiger charge is -2.15. The van der Waals surface area contributed by atoms with Crippen molar-refractivity contribution in [3.8, 4) is 5.75 Å². The van der Waals surface area contributed by atoms with Gasteiger partial charge < -0.3 is 14.6 Å². The number of carbonyl (C=O) groups excluding carboxylic acids is 1. The van der Waals surface area contributed by atoms with E-state index >= 15 is 0 Å². The lowest BCUT2D eigenvalue weighted by atomic mass is 10.2. The summed E-state index contributed by atoms with van der Waals surface area (Å²) in [5, 5.41) is 12.7. The summed E-state index contributed by atoms with van der Waals surface area (Å²) in [5.41, 5.74) is 2.79. The first-order valence-electron chi connectivity index (χ1n) is 9.15. The molecule has 3 aromatic rings. The van der Waals surface area contributed by atoms with E-state index in [4.69, 9.17) is 16.3 Å². The molecule has 0 aliphatic heterocycles. The molecule has 0 spiro atoms. The number of hydrogen-bond acceptors (Lipinski definition) is 5. The number of rotatable bonds is 7. The quantitative estimate of drug-likeness (QED) is 0.536. The summed E-state index contributed by atoms with van der Waals surface area (Å²) >= 11 is 7.40. The molecule has 0 radical (unpaired) electrons. The molecule has 0 saturated carbocycles. The SMILES string of the molecule is Cc1cc(OC(C)c2nnc(SCC(=O)Nc3ccccc3C)n2C)ccc1Cl. The minimum absolute atomic E-state index is 0.0882. The zero-order chi connectivity index (χ0) is 21.0. The van der Waals surface area contributed by atoms with Crippen LogP contribution in [-0.4, -0.2) is 26.4 Å². The molecule has 0 bridgehead atoms. The number of nitrogens with one attached hydrogen (secondary N) is 1. The van der Waals surface area contributed by atoms with Gasteiger partial charge in [-0.1, -0.05) is 41.6 Å². The van der Waals surface area contributed by atoms with Crippen LogP contribution in [-0.2, 0) is 11.8 Å². The van der Waals surface area contributed by atoms with E-state index in [0.717, 1.165) is 16.8 Å². The van der Waals surface area contributed by atoms with Crippen LogP contribution in [0.1, 0.15) is 30.0 Å². The van der Waals surface area contributed by atoms with E-state index < -0.39 is 0 Å². The average Bonchev–Trinajstić information content (AvgIpc) is 3.05. The van der Waals surface area contributed by atoms with E-state index in [0.29, 0.717) is 21.8 Å². The van der Waals surface area contributed by atoms with Gasteiger partial charge in [0, 0.05) is 17.8 Å². The number of ether oxygens (including phenoxy) is 1. The normalized spacial score (nSPS) is 11.9. The van der Waals surface area contributed by atoms with Gasteiger partial charge in [0.2, 0.25) is 5.91 Å². The molecule has 29 heavy (non-hydrogen) atoms. The number of aryl methyl sites for hydroxylation is 2. The first-order valence-corrected chi connectivity index (χ1v) is 10.5. The molecule has 1 amide bonds. The van der Waals surface area contributed by atoms with E-state index in [-0.39, 0.29) is 17.8 Å². The smallest absolute Gasteiger partial charge is 0.234 e. The van der Waals surface area contributed by atoms with Crippen LogP contribution in [0.2, 0.25) is 5.02 Å². The Hall–Kier alpha value is -2.51. The van der Waals surface area contributed by atoms with E-state index in [1.165, 1.54) is 11.8 Å². The molecule has 1 unspecified atom stereocenters. The molecular weight excluding hydrogens is 408 g/mol. The topological polar surface area (TPSA) is 69.0 Å². The third kappa shape index (κ3) is 5.31. The maximum Gasteiger partial charge on any atom is 0.234 e. The van der Waals surface area contributed by atoms with Crippen molar-refractivity contribution in [2.45, 2.75) is 32.0 Å². The summed E-state index contributed by atoms with van der Waals surface area (Å²) in [6.45, 7) is 5.80. The minimum Gasteiger partial charge on any atom is -0.483 e. The van der Waals surface area contributed by atoms with E-state index in [1.807, 2.05) is 74.9 Å². The van der Waals surface area contributed by atoms with Gasteiger partial charge in [-0.05, 0) is 56.2 Å². The largest absolute Gasteiger partial charge is 0.483 e. The average molecular weight is 431 g/mol. The number of anilines is 1. The van der Waals surface area contributed by atoms with Gasteiger partial charge in [0.15, 0.2) is 17.1 Å². The summed E-state index contributed by atoms with van der Waals surface area (Å²) in [7, 11) is 1.86. The molecular formula is C21H23ClN4O2S. The summed E-state index contributed by atoms with van der Waals surface area (Å²) in [5.74, 6) is 1.55. The predicted octanol–water partition coefficient (Wildman–Crippen LogP) is 4.96. The predicted molar refractivity (Wildman–Crippen MR) is 117 cm³/mol. The van der Waals surface area contributed by atoms with Crippen LogP contribution in [0.25, 0.3) is 0 Å². The highest BCUT2D eigenvalue weighted by molar-refractivity contribution is 7.99. The number of thioether (sulfide) groups is 1. The number of aromatic nitrogens is 3. The van der Waals surface area contributed by atoms with Crippen molar-refractivity contribution in [2.75, 3.05) is 11.1 Å². The van der Waals surface area contributed by atoms with Gasteiger partial charge in [-0.25, -0.2) is 0 Å². The molecule has 0 aliphatic rings. The number of benzene rings is 2. The highest BCUT2D eigenvalue weighted by Gasteiger charge is 2.18. The number of carbonyl (C=O) groups is 1. The number of nitrogens with zero attached hydrogens (tertiary/aromatic N) is 3. The van der Waals surface area contributed by atoms with Gasteiger partial charge in [-0.15, -0.1) is 10.2 Å². The molecule has 2 aromatic carbocycles. The summed E-state index contributed by atoms with van der Waals surface area (Å²) in [6, 6.07) is 13.2.